The first-order chi connectivity index (χ1) is 14.7. The molecule has 3 aromatic heterocycles. The lowest BCUT2D eigenvalue weighted by atomic mass is 10.1. The van der Waals surface area contributed by atoms with E-state index in [0.717, 1.165) is 29.1 Å². The molecule has 2 aliphatic heterocycles. The molecule has 0 amide bonds. The van der Waals surface area contributed by atoms with Gasteiger partial charge in [-0.2, -0.15) is 0 Å². The third kappa shape index (κ3) is 2.79. The maximum atomic E-state index is 13.7. The zero-order valence-corrected chi connectivity index (χ0v) is 17.6. The van der Waals surface area contributed by atoms with Crippen molar-refractivity contribution in [2.45, 2.75) is 45.3 Å². The largest absolute Gasteiger partial charge is 0.366 e. The molecule has 0 N–H and O–H groups in total. The lowest BCUT2D eigenvalue weighted by Crippen LogP contribution is -2.56. The zero-order chi connectivity index (χ0) is 21.5. The number of hydrogen-bond acceptors (Lipinski definition) is 6. The minimum absolute atomic E-state index is 0.370. The minimum atomic E-state index is -2.71. The summed E-state index contributed by atoms with van der Waals surface area (Å²) in [5.41, 5.74) is 4.66. The van der Waals surface area contributed by atoms with E-state index in [-0.39, 0.29) is 13.1 Å². The number of aromatic nitrogens is 5. The number of fused-ring (bicyclic) bond motifs is 4. The number of ether oxygens (including phenoxy) is 1. The maximum absolute atomic E-state index is 13.7. The van der Waals surface area contributed by atoms with E-state index in [4.69, 9.17) is 19.7 Å². The van der Waals surface area contributed by atoms with E-state index in [2.05, 4.69) is 18.0 Å². The Morgan fingerprint density at radius 1 is 1.13 bits per heavy atom. The summed E-state index contributed by atoms with van der Waals surface area (Å²) in [6.07, 6.45) is 4.73. The van der Waals surface area contributed by atoms with Crippen molar-refractivity contribution in [3.05, 3.63) is 35.4 Å². The van der Waals surface area contributed by atoms with E-state index in [1.54, 1.807) is 11.1 Å². The topological polar surface area (TPSA) is 69.0 Å². The Balaban J connectivity index is 1.56. The van der Waals surface area contributed by atoms with Crippen molar-refractivity contribution in [3.8, 4) is 11.4 Å². The number of halogens is 2. The first-order valence-electron chi connectivity index (χ1n) is 10.4. The van der Waals surface area contributed by atoms with Crippen LogP contribution >= 0.6 is 0 Å². The molecular formula is C22H22F2N6O. The van der Waals surface area contributed by atoms with Crippen LogP contribution in [0.5, 0.6) is 0 Å². The Morgan fingerprint density at radius 3 is 2.71 bits per heavy atom. The van der Waals surface area contributed by atoms with Crippen molar-refractivity contribution in [3.63, 3.8) is 0 Å². The molecule has 0 bridgehead atoms. The first-order valence-corrected chi connectivity index (χ1v) is 10.4. The maximum Gasteiger partial charge on any atom is 0.282 e. The summed E-state index contributed by atoms with van der Waals surface area (Å²) in [5, 5.41) is 0. The summed E-state index contributed by atoms with van der Waals surface area (Å²) in [4.78, 5) is 20.5. The molecule has 31 heavy (non-hydrogen) atoms. The molecular weight excluding hydrogens is 402 g/mol. The van der Waals surface area contributed by atoms with Crippen LogP contribution in [0, 0.1) is 0 Å². The quantitative estimate of drug-likeness (QED) is 0.627. The number of rotatable bonds is 2. The molecule has 0 radical (unpaired) electrons. The van der Waals surface area contributed by atoms with Crippen LogP contribution in [0.15, 0.2) is 18.3 Å². The fourth-order valence-electron chi connectivity index (χ4n) is 4.61. The minimum Gasteiger partial charge on any atom is -0.366 e. The van der Waals surface area contributed by atoms with Crippen LogP contribution in [0.25, 0.3) is 28.1 Å². The average Bonchev–Trinajstić information content (AvgIpc) is 3.27. The Bertz CT molecular complexity index is 1270. The van der Waals surface area contributed by atoms with Crippen LogP contribution in [0.3, 0.4) is 0 Å². The molecule has 1 aliphatic carbocycles. The van der Waals surface area contributed by atoms with Crippen molar-refractivity contribution >= 4 is 22.6 Å². The van der Waals surface area contributed by atoms with Crippen LogP contribution in [-0.4, -0.2) is 50.1 Å². The van der Waals surface area contributed by atoms with E-state index >= 15 is 0 Å². The number of nitrogens with zero attached hydrogens (tertiary/aromatic N) is 6. The highest BCUT2D eigenvalue weighted by molar-refractivity contribution is 5.87. The van der Waals surface area contributed by atoms with Crippen molar-refractivity contribution in [1.82, 2.24) is 24.5 Å². The third-order valence-corrected chi connectivity index (χ3v) is 6.29. The highest BCUT2D eigenvalue weighted by Gasteiger charge is 2.46. The lowest BCUT2D eigenvalue weighted by molar-refractivity contribution is -0.0530. The Hall–Kier alpha value is -2.94. The summed E-state index contributed by atoms with van der Waals surface area (Å²) in [6, 6.07) is 2.04. The van der Waals surface area contributed by atoms with E-state index in [1.165, 1.54) is 5.57 Å². The van der Waals surface area contributed by atoms with Crippen LogP contribution in [0.4, 0.5) is 14.6 Å². The Kier molecular flexibility index (Phi) is 3.68. The smallest absolute Gasteiger partial charge is 0.282 e. The molecule has 7 nitrogen and oxygen atoms in total. The molecule has 0 aromatic carbocycles. The molecule has 3 aromatic rings. The summed E-state index contributed by atoms with van der Waals surface area (Å²) < 4.78 is 35.3. The van der Waals surface area contributed by atoms with Crippen molar-refractivity contribution in [2.75, 3.05) is 24.6 Å². The molecule has 1 saturated heterocycles. The van der Waals surface area contributed by atoms with Crippen molar-refractivity contribution < 1.29 is 13.5 Å². The average molecular weight is 424 g/mol. The Labute approximate surface area is 177 Å². The fourth-order valence-corrected chi connectivity index (χ4v) is 4.61. The van der Waals surface area contributed by atoms with Gasteiger partial charge in [-0.15, -0.1) is 0 Å². The first kappa shape index (κ1) is 18.8. The second-order valence-corrected chi connectivity index (χ2v) is 9.01. The molecule has 3 aliphatic rings. The number of allylic oxidation sites excluding steroid dienone is 2. The van der Waals surface area contributed by atoms with Gasteiger partial charge in [0.1, 0.15) is 11.4 Å². The van der Waals surface area contributed by atoms with Crippen molar-refractivity contribution in [2.24, 2.45) is 0 Å². The number of pyridine rings is 1. The predicted molar refractivity (Wildman–Crippen MR) is 112 cm³/mol. The van der Waals surface area contributed by atoms with E-state index in [9.17, 15) is 8.78 Å². The molecule has 6 rings (SSSR count). The van der Waals surface area contributed by atoms with Crippen LogP contribution < -0.4 is 4.90 Å². The third-order valence-electron chi connectivity index (χ3n) is 6.29. The van der Waals surface area contributed by atoms with E-state index in [0.29, 0.717) is 36.0 Å². The number of anilines is 1. The normalized spacial score (nSPS) is 20.9. The SMILES string of the molecule is CC1=CCc2ncc(-c3nc(N4CC(F)(F)C4)c4nc5n(c4n3)CCOC5(C)C)cc21. The van der Waals surface area contributed by atoms with E-state index in [1.807, 2.05) is 24.5 Å². The number of imidazole rings is 1. The summed E-state index contributed by atoms with van der Waals surface area (Å²) in [5.74, 6) is -1.06. The summed E-state index contributed by atoms with van der Waals surface area (Å²) in [6.45, 7) is 6.36. The standard InChI is InChI=1S/C22H22F2N6O/c1-12-4-5-15-14(12)8-13(9-25-15)17-27-18(29-10-22(23,24)11-29)16-19(28-17)30-6-7-31-21(2,3)20(30)26-16/h4,8-9H,5-7,10-11H2,1-3H3. The molecule has 9 heteroatoms. The van der Waals surface area contributed by atoms with Crippen molar-refractivity contribution in [1.29, 1.82) is 0 Å². The molecule has 0 spiro atoms. The fraction of sp³-hybridized carbons (Fsp3) is 0.455. The van der Waals surface area contributed by atoms with Gasteiger partial charge < -0.3 is 14.2 Å². The molecule has 0 saturated carbocycles. The van der Waals surface area contributed by atoms with Gasteiger partial charge in [0.2, 0.25) is 0 Å². The molecule has 5 heterocycles. The lowest BCUT2D eigenvalue weighted by Gasteiger charge is -2.39. The van der Waals surface area contributed by atoms with Gasteiger partial charge in [-0.25, -0.2) is 23.7 Å². The summed E-state index contributed by atoms with van der Waals surface area (Å²) >= 11 is 0. The van der Waals surface area contributed by atoms with Gasteiger partial charge in [0.25, 0.3) is 5.92 Å². The Morgan fingerprint density at radius 2 is 1.94 bits per heavy atom. The van der Waals surface area contributed by atoms with Gasteiger partial charge in [-0.05, 0) is 38.0 Å². The van der Waals surface area contributed by atoms with Gasteiger partial charge in [-0.3, -0.25) is 4.98 Å². The molecule has 160 valence electrons. The molecule has 0 unspecified atom stereocenters. The second-order valence-electron chi connectivity index (χ2n) is 9.01. The number of hydrogen-bond donors (Lipinski definition) is 0. The number of alkyl halides is 2. The second kappa shape index (κ2) is 6.06. The van der Waals surface area contributed by atoms with Gasteiger partial charge in [-0.1, -0.05) is 6.08 Å². The molecule has 0 atom stereocenters. The highest BCUT2D eigenvalue weighted by Crippen LogP contribution is 2.39. The molecule has 1 fully saturated rings. The van der Waals surface area contributed by atoms with Gasteiger partial charge in [0.05, 0.1) is 25.4 Å². The van der Waals surface area contributed by atoms with Crippen LogP contribution in [-0.2, 0) is 23.3 Å². The van der Waals surface area contributed by atoms with Gasteiger partial charge >= 0.3 is 0 Å². The van der Waals surface area contributed by atoms with E-state index < -0.39 is 11.5 Å². The zero-order valence-electron chi connectivity index (χ0n) is 17.6. The van der Waals surface area contributed by atoms with Crippen LogP contribution in [0.1, 0.15) is 37.9 Å². The predicted octanol–water partition coefficient (Wildman–Crippen LogP) is 3.57. The van der Waals surface area contributed by atoms with Gasteiger partial charge in [0, 0.05) is 24.7 Å². The van der Waals surface area contributed by atoms with Gasteiger partial charge in [0.15, 0.2) is 22.8 Å². The monoisotopic (exact) mass is 424 g/mol. The highest BCUT2D eigenvalue weighted by atomic mass is 19.3. The summed E-state index contributed by atoms with van der Waals surface area (Å²) in [7, 11) is 0. The van der Waals surface area contributed by atoms with Crippen LogP contribution in [0.2, 0.25) is 0 Å².